The second-order valence-electron chi connectivity index (χ2n) is 7.07. The molecule has 158 valence electrons. The highest BCUT2D eigenvalue weighted by Gasteiger charge is 2.33. The van der Waals surface area contributed by atoms with E-state index in [4.69, 9.17) is 0 Å². The van der Waals surface area contributed by atoms with E-state index in [2.05, 4.69) is 6.58 Å². The van der Waals surface area contributed by atoms with E-state index in [0.717, 1.165) is 35.4 Å². The lowest BCUT2D eigenvalue weighted by Gasteiger charge is -2.25. The van der Waals surface area contributed by atoms with Crippen molar-refractivity contribution in [3.8, 4) is 0 Å². The number of allylic oxidation sites excluding steroid dienone is 5. The Bertz CT molecular complexity index is 822. The molecule has 0 aromatic heterocycles. The molecule has 1 aliphatic carbocycles. The second kappa shape index (κ2) is 10.2. The van der Waals surface area contributed by atoms with E-state index in [-0.39, 0.29) is 22.4 Å². The maximum Gasteiger partial charge on any atom is 0.417 e. The smallest absolute Gasteiger partial charge is 0.417 e. The summed E-state index contributed by atoms with van der Waals surface area (Å²) in [5, 5.41) is 10.6. The molecule has 0 heterocycles. The lowest BCUT2D eigenvalue weighted by Crippen LogP contribution is -2.22. The molecule has 1 atom stereocenters. The van der Waals surface area contributed by atoms with E-state index in [1.165, 1.54) is 12.1 Å². The van der Waals surface area contributed by atoms with Crippen molar-refractivity contribution in [2.75, 3.05) is 5.75 Å². The predicted molar refractivity (Wildman–Crippen MR) is 112 cm³/mol. The number of aliphatic hydroxyl groups excluding tert-OH is 1. The highest BCUT2D eigenvalue weighted by Crippen LogP contribution is 2.39. The van der Waals surface area contributed by atoms with Gasteiger partial charge in [0.15, 0.2) is 5.78 Å². The zero-order chi connectivity index (χ0) is 21.6. The zero-order valence-corrected chi connectivity index (χ0v) is 17.6. The maximum absolute atomic E-state index is 13.1. The first kappa shape index (κ1) is 23.3. The van der Waals surface area contributed by atoms with Crippen molar-refractivity contribution in [1.82, 2.24) is 0 Å². The molecular formula is C23H27F3O2S. The monoisotopic (exact) mass is 424 g/mol. The number of halogens is 3. The molecule has 0 bridgehead atoms. The molecule has 0 fully saturated rings. The number of carbonyl (C=O) groups excluding carboxylic acids is 1. The van der Waals surface area contributed by atoms with Gasteiger partial charge in [-0.1, -0.05) is 38.6 Å². The van der Waals surface area contributed by atoms with Gasteiger partial charge >= 0.3 is 6.18 Å². The van der Waals surface area contributed by atoms with Crippen LogP contribution in [0.2, 0.25) is 0 Å². The number of aliphatic hydroxyl groups is 1. The predicted octanol–water partition coefficient (Wildman–Crippen LogP) is 7.28. The Morgan fingerprint density at radius 2 is 1.93 bits per heavy atom. The second-order valence-corrected chi connectivity index (χ2v) is 8.20. The van der Waals surface area contributed by atoms with E-state index in [1.807, 2.05) is 13.8 Å². The quantitative estimate of drug-likeness (QED) is 0.352. The van der Waals surface area contributed by atoms with Crippen molar-refractivity contribution in [2.45, 2.75) is 57.0 Å². The first-order valence-electron chi connectivity index (χ1n) is 9.81. The SMILES string of the molecule is C=C/C(CC)=C(\CC)C1=C(O)CC(CCSc2ccccc2C(F)(F)F)CC1=O. The molecule has 1 aliphatic rings. The highest BCUT2D eigenvalue weighted by molar-refractivity contribution is 7.99. The minimum atomic E-state index is -4.38. The molecule has 0 radical (unpaired) electrons. The number of Topliss-reactive ketones (excluding diaryl/α,β-unsaturated/α-hetero) is 1. The first-order chi connectivity index (χ1) is 13.7. The Labute approximate surface area is 174 Å². The summed E-state index contributed by atoms with van der Waals surface area (Å²) in [6, 6.07) is 5.52. The standard InChI is InChI=1S/C23H27F3O2S/c1-4-16(5-2)17(6-3)22-19(27)13-15(14-20(22)28)11-12-29-21-10-8-7-9-18(21)23(24,25)26/h4,7-10,15,27H,1,5-6,11-14H2,2-3H3/b17-16-. The molecule has 6 heteroatoms. The van der Waals surface area contributed by atoms with Crippen LogP contribution >= 0.6 is 11.8 Å². The van der Waals surface area contributed by atoms with Gasteiger partial charge in [0.05, 0.1) is 11.1 Å². The molecule has 1 unspecified atom stereocenters. The topological polar surface area (TPSA) is 37.3 Å². The summed E-state index contributed by atoms with van der Waals surface area (Å²) in [4.78, 5) is 12.9. The van der Waals surface area contributed by atoms with Crippen LogP contribution in [0, 0.1) is 5.92 Å². The van der Waals surface area contributed by atoms with Crippen molar-refractivity contribution in [1.29, 1.82) is 0 Å². The van der Waals surface area contributed by atoms with Gasteiger partial charge in [-0.15, -0.1) is 11.8 Å². The van der Waals surface area contributed by atoms with Gasteiger partial charge in [-0.05, 0) is 54.2 Å². The fraction of sp³-hybridized carbons (Fsp3) is 0.435. The number of thioether (sulfide) groups is 1. The summed E-state index contributed by atoms with van der Waals surface area (Å²) >= 11 is 1.14. The largest absolute Gasteiger partial charge is 0.512 e. The minimum Gasteiger partial charge on any atom is -0.512 e. The molecule has 1 aromatic carbocycles. The van der Waals surface area contributed by atoms with E-state index in [0.29, 0.717) is 37.0 Å². The Kier molecular flexibility index (Phi) is 8.20. The van der Waals surface area contributed by atoms with Gasteiger partial charge in [0.1, 0.15) is 5.76 Å². The summed E-state index contributed by atoms with van der Waals surface area (Å²) in [6.45, 7) is 7.73. The molecule has 29 heavy (non-hydrogen) atoms. The first-order valence-corrected chi connectivity index (χ1v) is 10.8. The molecule has 0 spiro atoms. The molecule has 2 rings (SSSR count). The van der Waals surface area contributed by atoms with Crippen molar-refractivity contribution in [3.63, 3.8) is 0 Å². The molecule has 1 aromatic rings. The molecule has 0 amide bonds. The van der Waals surface area contributed by atoms with Crippen LogP contribution in [-0.4, -0.2) is 16.6 Å². The zero-order valence-electron chi connectivity index (χ0n) is 16.8. The third-order valence-corrected chi connectivity index (χ3v) is 6.28. The van der Waals surface area contributed by atoms with Crippen LogP contribution in [0.3, 0.4) is 0 Å². The van der Waals surface area contributed by atoms with Gasteiger partial charge in [-0.2, -0.15) is 13.2 Å². The Morgan fingerprint density at radius 1 is 1.24 bits per heavy atom. The van der Waals surface area contributed by atoms with Crippen LogP contribution in [0.5, 0.6) is 0 Å². The lowest BCUT2D eigenvalue weighted by atomic mass is 9.80. The van der Waals surface area contributed by atoms with Gasteiger partial charge in [0, 0.05) is 17.7 Å². The molecule has 0 saturated heterocycles. The number of ketones is 1. The number of hydrogen-bond donors (Lipinski definition) is 1. The third-order valence-electron chi connectivity index (χ3n) is 5.17. The fourth-order valence-electron chi connectivity index (χ4n) is 3.73. The van der Waals surface area contributed by atoms with Crippen LogP contribution in [0.15, 0.2) is 64.3 Å². The van der Waals surface area contributed by atoms with E-state index >= 15 is 0 Å². The van der Waals surface area contributed by atoms with Crippen LogP contribution in [0.1, 0.15) is 51.5 Å². The number of carbonyl (C=O) groups is 1. The lowest BCUT2D eigenvalue weighted by molar-refractivity contribution is -0.139. The van der Waals surface area contributed by atoms with Crippen molar-refractivity contribution >= 4 is 17.5 Å². The van der Waals surface area contributed by atoms with Crippen molar-refractivity contribution in [3.05, 3.63) is 65.0 Å². The van der Waals surface area contributed by atoms with E-state index in [9.17, 15) is 23.1 Å². The van der Waals surface area contributed by atoms with Crippen LogP contribution in [0.4, 0.5) is 13.2 Å². The van der Waals surface area contributed by atoms with Crippen LogP contribution in [0.25, 0.3) is 0 Å². The summed E-state index contributed by atoms with van der Waals surface area (Å²) in [5.74, 6) is 0.390. The molecule has 0 aliphatic heterocycles. The Hall–Kier alpha value is -1.95. The normalized spacial score (nSPS) is 18.7. The van der Waals surface area contributed by atoms with Crippen LogP contribution < -0.4 is 0 Å². The van der Waals surface area contributed by atoms with E-state index in [1.54, 1.807) is 12.1 Å². The fourth-order valence-corrected chi connectivity index (χ4v) is 4.91. The van der Waals surface area contributed by atoms with Gasteiger partial charge in [0.2, 0.25) is 0 Å². The number of alkyl halides is 3. The summed E-state index contributed by atoms with van der Waals surface area (Å²) in [7, 11) is 0. The van der Waals surface area contributed by atoms with Gasteiger partial charge in [-0.25, -0.2) is 0 Å². The Balaban J connectivity index is 2.09. The Morgan fingerprint density at radius 3 is 2.48 bits per heavy atom. The van der Waals surface area contributed by atoms with Gasteiger partial charge in [-0.3, -0.25) is 4.79 Å². The average molecular weight is 425 g/mol. The summed E-state index contributed by atoms with van der Waals surface area (Å²) < 4.78 is 39.3. The van der Waals surface area contributed by atoms with E-state index < -0.39 is 11.7 Å². The minimum absolute atomic E-state index is 0.0660. The average Bonchev–Trinajstić information content (AvgIpc) is 2.66. The summed E-state index contributed by atoms with van der Waals surface area (Å²) in [5.41, 5.74) is 1.58. The van der Waals surface area contributed by atoms with Crippen molar-refractivity contribution in [2.24, 2.45) is 5.92 Å². The van der Waals surface area contributed by atoms with Crippen LogP contribution in [-0.2, 0) is 11.0 Å². The summed E-state index contributed by atoms with van der Waals surface area (Å²) in [6.07, 6.45) is -0.0467. The number of benzene rings is 1. The van der Waals surface area contributed by atoms with Crippen molar-refractivity contribution < 1.29 is 23.1 Å². The highest BCUT2D eigenvalue weighted by atomic mass is 32.2. The number of hydrogen-bond acceptors (Lipinski definition) is 3. The van der Waals surface area contributed by atoms with Gasteiger partial charge in [0.25, 0.3) is 0 Å². The number of rotatable bonds is 8. The molecular weight excluding hydrogens is 397 g/mol. The molecule has 2 nitrogen and oxygen atoms in total. The molecule has 1 N–H and O–H groups in total. The third kappa shape index (κ3) is 5.78. The van der Waals surface area contributed by atoms with Gasteiger partial charge < -0.3 is 5.11 Å². The molecule has 0 saturated carbocycles. The maximum atomic E-state index is 13.1.